The molecule has 15 heavy (non-hydrogen) atoms. The van der Waals surface area contributed by atoms with Crippen LogP contribution in [0.4, 0.5) is 5.95 Å². The molecule has 0 aromatic carbocycles. The summed E-state index contributed by atoms with van der Waals surface area (Å²) in [6.07, 6.45) is 6.35. The van der Waals surface area contributed by atoms with Gasteiger partial charge in [-0.05, 0) is 25.5 Å². The first-order chi connectivity index (χ1) is 7.36. The maximum absolute atomic E-state index is 11.7. The molecule has 0 unspecified atom stereocenters. The predicted octanol–water partition coefficient (Wildman–Crippen LogP) is 0.557. The Morgan fingerprint density at radius 2 is 2.20 bits per heavy atom. The van der Waals surface area contributed by atoms with Crippen LogP contribution in [0.5, 0.6) is 0 Å². The van der Waals surface area contributed by atoms with E-state index >= 15 is 0 Å². The Morgan fingerprint density at radius 3 is 2.87 bits per heavy atom. The number of nitrogens with one attached hydrogen (secondary N) is 2. The van der Waals surface area contributed by atoms with Gasteiger partial charge in [0.25, 0.3) is 0 Å². The first kappa shape index (κ1) is 10.0. The van der Waals surface area contributed by atoms with Crippen molar-refractivity contribution in [2.75, 3.05) is 11.9 Å². The summed E-state index contributed by atoms with van der Waals surface area (Å²) in [6.45, 7) is 0.910. The third-order valence-corrected chi connectivity index (χ3v) is 2.43. The van der Waals surface area contributed by atoms with Gasteiger partial charge < -0.3 is 5.32 Å². The van der Waals surface area contributed by atoms with Crippen molar-refractivity contribution < 1.29 is 4.79 Å². The molecule has 0 aliphatic carbocycles. The average Bonchev–Trinajstić information content (AvgIpc) is 2.31. The van der Waals surface area contributed by atoms with Crippen molar-refractivity contribution in [2.45, 2.75) is 25.3 Å². The van der Waals surface area contributed by atoms with Crippen LogP contribution >= 0.6 is 0 Å². The van der Waals surface area contributed by atoms with Gasteiger partial charge in [-0.1, -0.05) is 6.42 Å². The zero-order valence-electron chi connectivity index (χ0n) is 8.44. The summed E-state index contributed by atoms with van der Waals surface area (Å²) >= 11 is 0. The van der Waals surface area contributed by atoms with Gasteiger partial charge in [-0.25, -0.2) is 9.97 Å². The third kappa shape index (κ3) is 2.73. The number of nitrogens with zero attached hydrogens (tertiary/aromatic N) is 2. The van der Waals surface area contributed by atoms with E-state index in [1.807, 2.05) is 0 Å². The lowest BCUT2D eigenvalue weighted by atomic mass is 10.0. The third-order valence-electron chi connectivity index (χ3n) is 2.43. The molecule has 2 heterocycles. The fraction of sp³-hybridized carbons (Fsp3) is 0.500. The Kier molecular flexibility index (Phi) is 3.24. The molecule has 1 aromatic rings. The monoisotopic (exact) mass is 206 g/mol. The van der Waals surface area contributed by atoms with E-state index in [1.54, 1.807) is 18.5 Å². The van der Waals surface area contributed by atoms with Crippen LogP contribution in [0.1, 0.15) is 19.3 Å². The Morgan fingerprint density at radius 1 is 1.40 bits per heavy atom. The largest absolute Gasteiger partial charge is 0.306 e. The first-order valence-corrected chi connectivity index (χ1v) is 5.17. The Balaban J connectivity index is 1.91. The van der Waals surface area contributed by atoms with Crippen LogP contribution in [-0.2, 0) is 4.79 Å². The van der Waals surface area contributed by atoms with Crippen molar-refractivity contribution in [3.8, 4) is 0 Å². The van der Waals surface area contributed by atoms with Crippen LogP contribution in [0.15, 0.2) is 18.5 Å². The average molecular weight is 206 g/mol. The lowest BCUT2D eigenvalue weighted by Crippen LogP contribution is -2.43. The fourth-order valence-corrected chi connectivity index (χ4v) is 1.64. The lowest BCUT2D eigenvalue weighted by molar-refractivity contribution is -0.118. The molecule has 1 aromatic heterocycles. The molecule has 2 N–H and O–H groups in total. The molecule has 0 spiro atoms. The second kappa shape index (κ2) is 4.84. The van der Waals surface area contributed by atoms with Crippen LogP contribution < -0.4 is 10.6 Å². The van der Waals surface area contributed by atoms with Gasteiger partial charge in [0.2, 0.25) is 11.9 Å². The first-order valence-electron chi connectivity index (χ1n) is 5.17. The Bertz CT molecular complexity index is 321. The van der Waals surface area contributed by atoms with Crippen molar-refractivity contribution in [1.82, 2.24) is 15.3 Å². The van der Waals surface area contributed by atoms with Gasteiger partial charge in [0.1, 0.15) is 0 Å². The second-order valence-corrected chi connectivity index (χ2v) is 3.56. The fourth-order valence-electron chi connectivity index (χ4n) is 1.64. The highest BCUT2D eigenvalue weighted by Gasteiger charge is 2.20. The maximum atomic E-state index is 11.7. The Labute approximate surface area is 88.3 Å². The molecule has 0 radical (unpaired) electrons. The number of amides is 1. The van der Waals surface area contributed by atoms with Gasteiger partial charge in [0.15, 0.2) is 0 Å². The zero-order chi connectivity index (χ0) is 10.5. The van der Waals surface area contributed by atoms with Gasteiger partial charge in [0, 0.05) is 12.4 Å². The van der Waals surface area contributed by atoms with Crippen molar-refractivity contribution in [3.05, 3.63) is 18.5 Å². The van der Waals surface area contributed by atoms with Crippen LogP contribution in [0.3, 0.4) is 0 Å². The minimum Gasteiger partial charge on any atom is -0.306 e. The molecule has 1 aliphatic heterocycles. The second-order valence-electron chi connectivity index (χ2n) is 3.56. The van der Waals surface area contributed by atoms with Gasteiger partial charge in [-0.15, -0.1) is 0 Å². The molecule has 1 atom stereocenters. The molecule has 1 saturated heterocycles. The molecule has 0 bridgehead atoms. The number of carbonyl (C=O) groups excluding carboxylic acids is 1. The maximum Gasteiger partial charge on any atom is 0.243 e. The molecule has 5 heteroatoms. The zero-order valence-corrected chi connectivity index (χ0v) is 8.44. The molecule has 1 aliphatic rings. The Hall–Kier alpha value is -1.49. The summed E-state index contributed by atoms with van der Waals surface area (Å²) in [5, 5.41) is 5.86. The normalized spacial score (nSPS) is 20.9. The summed E-state index contributed by atoms with van der Waals surface area (Å²) in [4.78, 5) is 19.6. The number of hydrogen-bond acceptors (Lipinski definition) is 4. The van der Waals surface area contributed by atoms with E-state index < -0.39 is 0 Å². The van der Waals surface area contributed by atoms with E-state index in [0.717, 1.165) is 25.8 Å². The molecule has 0 saturated carbocycles. The number of aromatic nitrogens is 2. The van der Waals surface area contributed by atoms with E-state index in [1.165, 1.54) is 0 Å². The van der Waals surface area contributed by atoms with Crippen molar-refractivity contribution in [1.29, 1.82) is 0 Å². The molecule has 2 rings (SSSR count). The molecule has 1 fully saturated rings. The summed E-state index contributed by atoms with van der Waals surface area (Å²) in [7, 11) is 0. The van der Waals surface area contributed by atoms with Crippen LogP contribution in [0, 0.1) is 0 Å². The molecular formula is C10H14N4O. The van der Waals surface area contributed by atoms with Gasteiger partial charge in [0.05, 0.1) is 6.04 Å². The van der Waals surface area contributed by atoms with Gasteiger partial charge >= 0.3 is 0 Å². The highest BCUT2D eigenvalue weighted by molar-refractivity contribution is 5.93. The number of anilines is 1. The van der Waals surface area contributed by atoms with E-state index in [2.05, 4.69) is 20.6 Å². The number of carbonyl (C=O) groups is 1. The minimum absolute atomic E-state index is 0.0408. The van der Waals surface area contributed by atoms with E-state index in [-0.39, 0.29) is 11.9 Å². The lowest BCUT2D eigenvalue weighted by Gasteiger charge is -2.21. The van der Waals surface area contributed by atoms with Crippen molar-refractivity contribution in [2.24, 2.45) is 0 Å². The number of piperidine rings is 1. The van der Waals surface area contributed by atoms with Crippen LogP contribution in [0.2, 0.25) is 0 Å². The van der Waals surface area contributed by atoms with Gasteiger partial charge in [-0.2, -0.15) is 0 Å². The standard InChI is InChI=1S/C10H14N4O/c15-9(8-4-1-2-5-11-8)14-10-12-6-3-7-13-10/h3,6-8,11H,1-2,4-5H2,(H,12,13,14,15)/t8-/m1/s1. The molecule has 5 nitrogen and oxygen atoms in total. The smallest absolute Gasteiger partial charge is 0.243 e. The van der Waals surface area contributed by atoms with Crippen molar-refractivity contribution >= 4 is 11.9 Å². The summed E-state index contributed by atoms with van der Waals surface area (Å²) in [6, 6.07) is 1.62. The van der Waals surface area contributed by atoms with E-state index in [9.17, 15) is 4.79 Å². The topological polar surface area (TPSA) is 66.9 Å². The highest BCUT2D eigenvalue weighted by Crippen LogP contribution is 2.08. The SMILES string of the molecule is O=C(Nc1ncccn1)[C@H]1CCCCN1. The van der Waals surface area contributed by atoms with Gasteiger partial charge in [-0.3, -0.25) is 10.1 Å². The van der Waals surface area contributed by atoms with Crippen molar-refractivity contribution in [3.63, 3.8) is 0 Å². The minimum atomic E-state index is -0.0949. The summed E-state index contributed by atoms with van der Waals surface area (Å²) < 4.78 is 0. The van der Waals surface area contributed by atoms with E-state index in [4.69, 9.17) is 0 Å². The quantitative estimate of drug-likeness (QED) is 0.742. The molecule has 80 valence electrons. The summed E-state index contributed by atoms with van der Waals surface area (Å²) in [5.74, 6) is 0.329. The number of rotatable bonds is 2. The van der Waals surface area contributed by atoms with E-state index in [0.29, 0.717) is 5.95 Å². The highest BCUT2D eigenvalue weighted by atomic mass is 16.2. The number of hydrogen-bond donors (Lipinski definition) is 2. The molecule has 1 amide bonds. The summed E-state index contributed by atoms with van der Waals surface area (Å²) in [5.41, 5.74) is 0. The predicted molar refractivity (Wildman–Crippen MR) is 56.3 cm³/mol. The van der Waals surface area contributed by atoms with Crippen LogP contribution in [0.25, 0.3) is 0 Å². The van der Waals surface area contributed by atoms with Crippen LogP contribution in [-0.4, -0.2) is 28.5 Å². The molecular weight excluding hydrogens is 192 g/mol.